The highest BCUT2D eigenvalue weighted by Crippen LogP contribution is 2.14. The highest BCUT2D eigenvalue weighted by atomic mass is 28.4. The average Bonchev–Trinajstić information content (AvgIpc) is 2.19. The lowest BCUT2D eigenvalue weighted by atomic mass is 10.1. The lowest BCUT2D eigenvalue weighted by Gasteiger charge is -2.31. The van der Waals surface area contributed by atoms with Gasteiger partial charge in [-0.05, 0) is 51.6 Å². The van der Waals surface area contributed by atoms with Crippen LogP contribution in [0.15, 0.2) is 0 Å². The SMILES string of the molecule is CC(C)CC(N)C(=O)O[SiH2]C(O[Si](C)(C)C)O[Si](C)(C)C. The van der Waals surface area contributed by atoms with Gasteiger partial charge in [-0.15, -0.1) is 0 Å². The zero-order chi connectivity index (χ0) is 16.8. The van der Waals surface area contributed by atoms with E-state index in [-0.39, 0.29) is 11.9 Å². The lowest BCUT2D eigenvalue weighted by molar-refractivity contribution is -0.137. The summed E-state index contributed by atoms with van der Waals surface area (Å²) in [5, 5.41) is 0. The molecular formula is C13H33NO4Si3. The zero-order valence-electron chi connectivity index (χ0n) is 14.9. The van der Waals surface area contributed by atoms with Gasteiger partial charge in [0, 0.05) is 0 Å². The molecule has 126 valence electrons. The van der Waals surface area contributed by atoms with Crippen LogP contribution in [0.25, 0.3) is 0 Å². The molecule has 0 amide bonds. The van der Waals surface area contributed by atoms with E-state index in [1.807, 2.05) is 13.8 Å². The van der Waals surface area contributed by atoms with Gasteiger partial charge in [0.15, 0.2) is 22.5 Å². The van der Waals surface area contributed by atoms with Gasteiger partial charge in [0.1, 0.15) is 6.04 Å². The maximum absolute atomic E-state index is 11.9. The number of carbonyl (C=O) groups is 1. The first-order valence-electron chi connectivity index (χ1n) is 7.58. The summed E-state index contributed by atoms with van der Waals surface area (Å²) in [6.45, 7) is 16.7. The Kier molecular flexibility index (Phi) is 8.59. The van der Waals surface area contributed by atoms with Crippen molar-refractivity contribution in [1.82, 2.24) is 0 Å². The molecule has 0 aromatic heterocycles. The standard InChI is InChI=1S/C13H33NO4Si3/c1-10(2)9-11(14)12(15)16-19-13(17-20(3,4)5)18-21(6,7)8/h10-11,13H,9,14,19H2,1-8H3. The maximum Gasteiger partial charge on any atom is 0.309 e. The highest BCUT2D eigenvalue weighted by Gasteiger charge is 2.29. The molecule has 1 atom stereocenters. The van der Waals surface area contributed by atoms with Crippen LogP contribution >= 0.6 is 0 Å². The van der Waals surface area contributed by atoms with Crippen LogP contribution in [0.2, 0.25) is 39.3 Å². The molecule has 0 rings (SSSR count). The van der Waals surface area contributed by atoms with E-state index in [0.29, 0.717) is 12.3 Å². The minimum Gasteiger partial charge on any atom is -0.518 e. The molecule has 0 aliphatic carbocycles. The summed E-state index contributed by atoms with van der Waals surface area (Å²) >= 11 is 0. The average molecular weight is 352 g/mol. The van der Waals surface area contributed by atoms with Crippen molar-refractivity contribution in [3.05, 3.63) is 0 Å². The molecule has 8 heteroatoms. The van der Waals surface area contributed by atoms with Crippen LogP contribution in [0.3, 0.4) is 0 Å². The minimum absolute atomic E-state index is 0.321. The minimum atomic E-state index is -1.74. The largest absolute Gasteiger partial charge is 0.518 e. The molecule has 21 heavy (non-hydrogen) atoms. The van der Waals surface area contributed by atoms with Crippen molar-refractivity contribution < 1.29 is 18.1 Å². The topological polar surface area (TPSA) is 70.8 Å². The lowest BCUT2D eigenvalue weighted by Crippen LogP contribution is -2.45. The molecule has 0 aliphatic heterocycles. The summed E-state index contributed by atoms with van der Waals surface area (Å²) in [5.41, 5.74) is 5.84. The Morgan fingerprint density at radius 1 is 1.05 bits per heavy atom. The summed E-state index contributed by atoms with van der Waals surface area (Å²) in [6.07, 6.45) is 0.641. The summed E-state index contributed by atoms with van der Waals surface area (Å²) < 4.78 is 17.5. The van der Waals surface area contributed by atoms with Gasteiger partial charge in [0.25, 0.3) is 9.76 Å². The van der Waals surface area contributed by atoms with Gasteiger partial charge in [-0.3, -0.25) is 4.79 Å². The predicted octanol–water partition coefficient (Wildman–Crippen LogP) is 1.97. The van der Waals surface area contributed by atoms with E-state index in [1.54, 1.807) is 0 Å². The van der Waals surface area contributed by atoms with Gasteiger partial charge in [0.05, 0.1) is 0 Å². The van der Waals surface area contributed by atoms with Crippen LogP contribution in [0.5, 0.6) is 0 Å². The van der Waals surface area contributed by atoms with Crippen LogP contribution in [-0.2, 0) is 18.1 Å². The van der Waals surface area contributed by atoms with Gasteiger partial charge in [-0.1, -0.05) is 13.8 Å². The fraction of sp³-hybridized carbons (Fsp3) is 0.923. The Hall–Kier alpha value is 0.000649. The highest BCUT2D eigenvalue weighted by molar-refractivity contribution is 6.71. The van der Waals surface area contributed by atoms with Gasteiger partial charge >= 0.3 is 5.97 Å². The van der Waals surface area contributed by atoms with Crippen molar-refractivity contribution in [2.45, 2.75) is 71.5 Å². The van der Waals surface area contributed by atoms with Crippen molar-refractivity contribution in [3.8, 4) is 0 Å². The third-order valence-corrected chi connectivity index (χ3v) is 6.02. The summed E-state index contributed by atoms with van der Waals surface area (Å²) in [7, 11) is -4.74. The first kappa shape index (κ1) is 21.0. The van der Waals surface area contributed by atoms with E-state index in [9.17, 15) is 4.79 Å². The quantitative estimate of drug-likeness (QED) is 0.508. The van der Waals surface area contributed by atoms with Crippen LogP contribution in [0, 0.1) is 5.92 Å². The van der Waals surface area contributed by atoms with Crippen molar-refractivity contribution in [3.63, 3.8) is 0 Å². The number of carbonyl (C=O) groups excluding carboxylic acids is 1. The Morgan fingerprint density at radius 3 is 1.81 bits per heavy atom. The molecule has 1 unspecified atom stereocenters. The molecule has 5 nitrogen and oxygen atoms in total. The first-order valence-corrected chi connectivity index (χ1v) is 15.8. The molecule has 0 heterocycles. The fourth-order valence-electron chi connectivity index (χ4n) is 1.74. The third-order valence-electron chi connectivity index (χ3n) is 2.36. The van der Waals surface area contributed by atoms with E-state index in [1.165, 1.54) is 0 Å². The maximum atomic E-state index is 11.9. The molecule has 0 bridgehead atoms. The van der Waals surface area contributed by atoms with Crippen molar-refractivity contribution in [2.24, 2.45) is 11.7 Å². The number of hydrogen-bond donors (Lipinski definition) is 1. The second kappa shape index (κ2) is 8.59. The molecule has 0 aromatic carbocycles. The monoisotopic (exact) mass is 351 g/mol. The van der Waals surface area contributed by atoms with Crippen molar-refractivity contribution in [1.29, 1.82) is 0 Å². The van der Waals surface area contributed by atoms with E-state index in [0.717, 1.165) is 0 Å². The summed E-state index contributed by atoms with van der Waals surface area (Å²) in [4.78, 5) is 11.9. The third kappa shape index (κ3) is 12.3. The van der Waals surface area contributed by atoms with Crippen LogP contribution < -0.4 is 5.73 Å². The first-order chi connectivity index (χ1) is 9.30. The number of hydrogen-bond acceptors (Lipinski definition) is 5. The van der Waals surface area contributed by atoms with Crippen molar-refractivity contribution >= 4 is 32.4 Å². The normalized spacial score (nSPS) is 15.2. The van der Waals surface area contributed by atoms with E-state index >= 15 is 0 Å². The molecule has 0 aliphatic rings. The van der Waals surface area contributed by atoms with Crippen LogP contribution in [-0.4, -0.2) is 44.3 Å². The molecule has 0 saturated carbocycles. The van der Waals surface area contributed by atoms with E-state index in [4.69, 9.17) is 19.0 Å². The molecular weight excluding hydrogens is 318 g/mol. The molecule has 0 saturated heterocycles. The van der Waals surface area contributed by atoms with Crippen molar-refractivity contribution in [2.75, 3.05) is 0 Å². The molecule has 0 aromatic rings. The van der Waals surface area contributed by atoms with Gasteiger partial charge in [-0.25, -0.2) is 0 Å². The van der Waals surface area contributed by atoms with Gasteiger partial charge in [0.2, 0.25) is 0 Å². The zero-order valence-corrected chi connectivity index (χ0v) is 18.3. The fourth-order valence-corrected chi connectivity index (χ4v) is 7.57. The summed E-state index contributed by atoms with van der Waals surface area (Å²) in [6, 6.07) is -0.545. The molecule has 0 spiro atoms. The van der Waals surface area contributed by atoms with E-state index < -0.39 is 32.4 Å². The molecule has 0 fully saturated rings. The van der Waals surface area contributed by atoms with Gasteiger partial charge in [-0.2, -0.15) is 0 Å². The second-order valence-electron chi connectivity index (χ2n) is 7.76. The van der Waals surface area contributed by atoms with E-state index in [2.05, 4.69) is 39.3 Å². The van der Waals surface area contributed by atoms with Gasteiger partial charge < -0.3 is 19.0 Å². The molecule has 2 N–H and O–H groups in total. The molecule has 0 radical (unpaired) electrons. The Bertz CT molecular complexity index is 310. The number of nitrogens with two attached hydrogens (primary N) is 1. The summed E-state index contributed by atoms with van der Waals surface area (Å²) in [5.74, 6) is -0.293. The Labute approximate surface area is 134 Å². The Balaban J connectivity index is 4.50. The van der Waals surface area contributed by atoms with Crippen LogP contribution in [0.4, 0.5) is 0 Å². The predicted molar refractivity (Wildman–Crippen MR) is 94.7 cm³/mol. The second-order valence-corrected chi connectivity index (χ2v) is 18.0. The smallest absolute Gasteiger partial charge is 0.309 e. The Morgan fingerprint density at radius 2 is 1.48 bits per heavy atom. The van der Waals surface area contributed by atoms with Crippen LogP contribution in [0.1, 0.15) is 20.3 Å². The number of rotatable bonds is 9.